The van der Waals surface area contributed by atoms with Crippen molar-refractivity contribution < 1.29 is 4.79 Å². The highest BCUT2D eigenvalue weighted by molar-refractivity contribution is 9.10. The summed E-state index contributed by atoms with van der Waals surface area (Å²) in [7, 11) is 2.06. The second-order valence-corrected chi connectivity index (χ2v) is 6.04. The van der Waals surface area contributed by atoms with Gasteiger partial charge in [-0.3, -0.25) is 9.69 Å². The lowest BCUT2D eigenvalue weighted by molar-refractivity contribution is -0.123. The molecule has 0 amide bonds. The minimum Gasteiger partial charge on any atom is -0.298 e. The van der Waals surface area contributed by atoms with Gasteiger partial charge in [-0.05, 0) is 37.6 Å². The molecule has 1 saturated carbocycles. The van der Waals surface area contributed by atoms with Crippen LogP contribution in [-0.2, 0) is 11.3 Å². The molecule has 98 valence electrons. The zero-order valence-electron chi connectivity index (χ0n) is 10.9. The van der Waals surface area contributed by atoms with E-state index in [0.29, 0.717) is 5.78 Å². The van der Waals surface area contributed by atoms with Crippen LogP contribution in [0.25, 0.3) is 0 Å². The summed E-state index contributed by atoms with van der Waals surface area (Å²) in [6.45, 7) is 0.843. The van der Waals surface area contributed by atoms with Crippen LogP contribution in [0.2, 0.25) is 0 Å². The SMILES string of the molecule is CN(Cc1cccc(Br)c1)C1CCCCCC1=O. The molecule has 2 nitrogen and oxygen atoms in total. The number of Topliss-reactive ketones (excluding diaryl/α,β-unsaturated/α-hetero) is 1. The highest BCUT2D eigenvalue weighted by Gasteiger charge is 2.24. The van der Waals surface area contributed by atoms with Gasteiger partial charge in [-0.2, -0.15) is 0 Å². The Labute approximate surface area is 117 Å². The predicted molar refractivity (Wildman–Crippen MR) is 77.5 cm³/mol. The van der Waals surface area contributed by atoms with Crippen LogP contribution >= 0.6 is 15.9 Å². The molecule has 18 heavy (non-hydrogen) atoms. The van der Waals surface area contributed by atoms with Crippen molar-refractivity contribution in [3.63, 3.8) is 0 Å². The van der Waals surface area contributed by atoms with Crippen molar-refractivity contribution >= 4 is 21.7 Å². The molecule has 0 N–H and O–H groups in total. The topological polar surface area (TPSA) is 20.3 Å². The molecule has 1 atom stereocenters. The van der Waals surface area contributed by atoms with Gasteiger partial charge in [-0.15, -0.1) is 0 Å². The number of nitrogens with zero attached hydrogens (tertiary/aromatic N) is 1. The van der Waals surface area contributed by atoms with Crippen molar-refractivity contribution in [2.75, 3.05) is 7.05 Å². The second-order valence-electron chi connectivity index (χ2n) is 5.13. The zero-order chi connectivity index (χ0) is 13.0. The molecular weight excluding hydrogens is 290 g/mol. The van der Waals surface area contributed by atoms with Crippen LogP contribution < -0.4 is 0 Å². The highest BCUT2D eigenvalue weighted by Crippen LogP contribution is 2.20. The van der Waals surface area contributed by atoms with E-state index in [-0.39, 0.29) is 6.04 Å². The maximum atomic E-state index is 12.1. The van der Waals surface area contributed by atoms with Gasteiger partial charge >= 0.3 is 0 Å². The van der Waals surface area contributed by atoms with Gasteiger partial charge in [0.15, 0.2) is 0 Å². The number of ketones is 1. The van der Waals surface area contributed by atoms with E-state index in [1.807, 2.05) is 12.1 Å². The first-order valence-electron chi connectivity index (χ1n) is 6.64. The van der Waals surface area contributed by atoms with E-state index in [0.717, 1.165) is 30.3 Å². The summed E-state index contributed by atoms with van der Waals surface area (Å²) in [6.07, 6.45) is 5.23. The van der Waals surface area contributed by atoms with Gasteiger partial charge in [0.1, 0.15) is 5.78 Å². The molecule has 2 rings (SSSR count). The van der Waals surface area contributed by atoms with Crippen LogP contribution in [0, 0.1) is 0 Å². The molecule has 0 aliphatic heterocycles. The van der Waals surface area contributed by atoms with Gasteiger partial charge in [0, 0.05) is 17.4 Å². The summed E-state index contributed by atoms with van der Waals surface area (Å²) < 4.78 is 1.10. The quantitative estimate of drug-likeness (QED) is 0.792. The summed E-state index contributed by atoms with van der Waals surface area (Å²) in [5.74, 6) is 0.421. The Kier molecular flexibility index (Phi) is 4.95. The van der Waals surface area contributed by atoms with Crippen molar-refractivity contribution in [3.8, 4) is 0 Å². The fourth-order valence-electron chi connectivity index (χ4n) is 2.64. The van der Waals surface area contributed by atoms with E-state index in [1.54, 1.807) is 0 Å². The van der Waals surface area contributed by atoms with Crippen LogP contribution in [0.4, 0.5) is 0 Å². The Bertz CT molecular complexity index is 419. The number of carbonyl (C=O) groups is 1. The van der Waals surface area contributed by atoms with E-state index in [4.69, 9.17) is 0 Å². The number of hydrogen-bond donors (Lipinski definition) is 0. The van der Waals surface area contributed by atoms with E-state index < -0.39 is 0 Å². The molecule has 3 heteroatoms. The molecule has 0 saturated heterocycles. The monoisotopic (exact) mass is 309 g/mol. The number of carbonyl (C=O) groups excluding carboxylic acids is 1. The molecule has 1 aliphatic rings. The highest BCUT2D eigenvalue weighted by atomic mass is 79.9. The summed E-state index contributed by atoms with van der Waals surface area (Å²) in [5, 5.41) is 0. The van der Waals surface area contributed by atoms with Gasteiger partial charge in [0.05, 0.1) is 6.04 Å². The predicted octanol–water partition coefficient (Wildman–Crippen LogP) is 3.78. The number of hydrogen-bond acceptors (Lipinski definition) is 2. The molecule has 0 aromatic heterocycles. The van der Waals surface area contributed by atoms with Gasteiger partial charge in [0.25, 0.3) is 0 Å². The van der Waals surface area contributed by atoms with Crippen LogP contribution in [0.1, 0.15) is 37.7 Å². The average molecular weight is 310 g/mol. The van der Waals surface area contributed by atoms with Gasteiger partial charge in [-0.1, -0.05) is 40.9 Å². The van der Waals surface area contributed by atoms with Crippen LogP contribution in [-0.4, -0.2) is 23.8 Å². The lowest BCUT2D eigenvalue weighted by Gasteiger charge is -2.25. The van der Waals surface area contributed by atoms with Gasteiger partial charge in [0.2, 0.25) is 0 Å². The van der Waals surface area contributed by atoms with Crippen LogP contribution in [0.3, 0.4) is 0 Å². The maximum absolute atomic E-state index is 12.1. The zero-order valence-corrected chi connectivity index (χ0v) is 12.4. The van der Waals surface area contributed by atoms with Crippen molar-refractivity contribution in [1.29, 1.82) is 0 Å². The normalized spacial score (nSPS) is 21.1. The smallest absolute Gasteiger partial charge is 0.149 e. The molecule has 1 aliphatic carbocycles. The molecule has 1 aromatic rings. The van der Waals surface area contributed by atoms with Gasteiger partial charge in [-0.25, -0.2) is 0 Å². The Balaban J connectivity index is 2.02. The first kappa shape index (κ1) is 13.8. The third kappa shape index (κ3) is 3.66. The maximum Gasteiger partial charge on any atom is 0.149 e. The standard InChI is InChI=1S/C15H20BrNO/c1-17(11-12-6-5-7-13(16)10-12)14-8-3-2-4-9-15(14)18/h5-7,10,14H,2-4,8-9,11H2,1H3. The first-order chi connectivity index (χ1) is 8.66. The first-order valence-corrected chi connectivity index (χ1v) is 7.43. The lowest BCUT2D eigenvalue weighted by Crippen LogP contribution is -2.37. The molecule has 1 aromatic carbocycles. The largest absolute Gasteiger partial charge is 0.298 e. The van der Waals surface area contributed by atoms with E-state index in [2.05, 4.69) is 40.0 Å². The van der Waals surface area contributed by atoms with Crippen LogP contribution in [0.5, 0.6) is 0 Å². The summed E-state index contributed by atoms with van der Waals surface area (Å²) in [5.41, 5.74) is 1.25. The van der Waals surface area contributed by atoms with Crippen molar-refractivity contribution in [2.45, 2.75) is 44.7 Å². The number of likely N-dealkylation sites (N-methyl/N-ethyl adjacent to an activating group) is 1. The summed E-state index contributed by atoms with van der Waals surface area (Å²) >= 11 is 3.49. The average Bonchev–Trinajstić information content (AvgIpc) is 2.54. The summed E-state index contributed by atoms with van der Waals surface area (Å²) in [6, 6.07) is 8.43. The van der Waals surface area contributed by atoms with Crippen LogP contribution in [0.15, 0.2) is 28.7 Å². The number of benzene rings is 1. The Morgan fingerprint density at radius 1 is 1.33 bits per heavy atom. The fourth-order valence-corrected chi connectivity index (χ4v) is 3.09. The minimum atomic E-state index is 0.117. The Morgan fingerprint density at radius 2 is 2.17 bits per heavy atom. The molecule has 0 radical (unpaired) electrons. The fraction of sp³-hybridized carbons (Fsp3) is 0.533. The molecule has 0 heterocycles. The van der Waals surface area contributed by atoms with E-state index >= 15 is 0 Å². The molecule has 1 unspecified atom stereocenters. The summed E-state index contributed by atoms with van der Waals surface area (Å²) in [4.78, 5) is 14.3. The Morgan fingerprint density at radius 3 is 2.94 bits per heavy atom. The second kappa shape index (κ2) is 6.48. The van der Waals surface area contributed by atoms with E-state index in [1.165, 1.54) is 18.4 Å². The molecule has 0 bridgehead atoms. The molecular formula is C15H20BrNO. The number of rotatable bonds is 3. The molecule has 1 fully saturated rings. The third-order valence-corrected chi connectivity index (χ3v) is 4.12. The minimum absolute atomic E-state index is 0.117. The Hall–Kier alpha value is -0.670. The van der Waals surface area contributed by atoms with Crippen molar-refractivity contribution in [3.05, 3.63) is 34.3 Å². The van der Waals surface area contributed by atoms with Crippen molar-refractivity contribution in [2.24, 2.45) is 0 Å². The van der Waals surface area contributed by atoms with E-state index in [9.17, 15) is 4.79 Å². The van der Waals surface area contributed by atoms with Gasteiger partial charge < -0.3 is 0 Å². The lowest BCUT2D eigenvalue weighted by atomic mass is 10.1. The number of halogens is 1. The third-order valence-electron chi connectivity index (χ3n) is 3.63. The van der Waals surface area contributed by atoms with Crippen molar-refractivity contribution in [1.82, 2.24) is 4.90 Å². The molecule has 0 spiro atoms.